The predicted molar refractivity (Wildman–Crippen MR) is 119 cm³/mol. The van der Waals surface area contributed by atoms with Gasteiger partial charge in [-0.1, -0.05) is 6.07 Å². The molecule has 2 aromatic carbocycles. The van der Waals surface area contributed by atoms with Crippen molar-refractivity contribution in [1.29, 1.82) is 0 Å². The number of benzene rings is 2. The van der Waals surface area contributed by atoms with E-state index >= 15 is 0 Å². The van der Waals surface area contributed by atoms with Crippen molar-refractivity contribution >= 4 is 27.5 Å². The Morgan fingerprint density at radius 2 is 1.84 bits per heavy atom. The monoisotopic (exact) mass is 451 g/mol. The summed E-state index contributed by atoms with van der Waals surface area (Å²) in [5.41, 5.74) is 2.26. The number of hydrogen-bond donors (Lipinski definition) is 1. The van der Waals surface area contributed by atoms with Crippen molar-refractivity contribution in [2.75, 3.05) is 18.6 Å². The van der Waals surface area contributed by atoms with Crippen LogP contribution in [0, 0.1) is 6.92 Å². The van der Waals surface area contributed by atoms with Crippen LogP contribution in [0.2, 0.25) is 0 Å². The quantitative estimate of drug-likeness (QED) is 0.637. The van der Waals surface area contributed by atoms with E-state index in [0.717, 1.165) is 11.8 Å². The average molecular weight is 452 g/mol. The molecule has 0 bridgehead atoms. The van der Waals surface area contributed by atoms with Crippen LogP contribution in [0.4, 0.5) is 5.82 Å². The number of hydrogen-bond acceptors (Lipinski definition) is 6. The number of sulfone groups is 1. The van der Waals surface area contributed by atoms with Crippen molar-refractivity contribution < 1.29 is 22.7 Å². The number of nitrogens with zero attached hydrogens (tertiary/aromatic N) is 2. The van der Waals surface area contributed by atoms with E-state index in [-0.39, 0.29) is 16.4 Å². The standard InChI is InChI=1S/C23H21N3O5S/c1-14-4-9-21(24-12-14)25-22(27)15-10-18-19(13-26(2)23(18)28)20(11-15)31-16-5-7-17(8-6-16)32(3,29)30/h4-12H,13H2,1-3H3,(H,24,25,27). The molecule has 4 rings (SSSR count). The van der Waals surface area contributed by atoms with Gasteiger partial charge in [-0.2, -0.15) is 0 Å². The number of amides is 2. The fourth-order valence-electron chi connectivity index (χ4n) is 3.35. The number of rotatable bonds is 5. The molecule has 1 aromatic heterocycles. The molecule has 0 saturated heterocycles. The van der Waals surface area contributed by atoms with Crippen molar-refractivity contribution in [3.05, 3.63) is 77.0 Å². The Kier molecular flexibility index (Phi) is 5.43. The molecule has 2 amide bonds. The van der Waals surface area contributed by atoms with E-state index in [1.807, 2.05) is 13.0 Å². The van der Waals surface area contributed by atoms with Crippen molar-refractivity contribution in [3.63, 3.8) is 0 Å². The van der Waals surface area contributed by atoms with Gasteiger partial charge < -0.3 is 15.0 Å². The Morgan fingerprint density at radius 1 is 1.12 bits per heavy atom. The maximum Gasteiger partial charge on any atom is 0.256 e. The molecule has 8 nitrogen and oxygen atoms in total. The van der Waals surface area contributed by atoms with Gasteiger partial charge in [0.1, 0.15) is 17.3 Å². The van der Waals surface area contributed by atoms with Crippen molar-refractivity contribution in [1.82, 2.24) is 9.88 Å². The van der Waals surface area contributed by atoms with Crippen LogP contribution in [-0.2, 0) is 16.4 Å². The van der Waals surface area contributed by atoms with Crippen LogP contribution in [0.25, 0.3) is 0 Å². The second-order valence-electron chi connectivity index (χ2n) is 7.68. The normalized spacial score (nSPS) is 13.1. The van der Waals surface area contributed by atoms with Crippen LogP contribution >= 0.6 is 0 Å². The molecule has 1 aliphatic rings. The highest BCUT2D eigenvalue weighted by Crippen LogP contribution is 2.35. The van der Waals surface area contributed by atoms with Gasteiger partial charge in [0, 0.05) is 36.2 Å². The predicted octanol–water partition coefficient (Wildman–Crippen LogP) is 3.42. The summed E-state index contributed by atoms with van der Waals surface area (Å²) in [5, 5.41) is 2.72. The van der Waals surface area contributed by atoms with E-state index in [1.54, 1.807) is 31.4 Å². The Balaban J connectivity index is 1.68. The summed E-state index contributed by atoms with van der Waals surface area (Å²) >= 11 is 0. The summed E-state index contributed by atoms with van der Waals surface area (Å²) < 4.78 is 29.3. The first kappa shape index (κ1) is 21.5. The van der Waals surface area contributed by atoms with Crippen LogP contribution in [0.15, 0.2) is 59.6 Å². The highest BCUT2D eigenvalue weighted by molar-refractivity contribution is 7.90. The molecule has 0 atom stereocenters. The van der Waals surface area contributed by atoms with Gasteiger partial charge in [-0.15, -0.1) is 0 Å². The average Bonchev–Trinajstić information content (AvgIpc) is 3.04. The largest absolute Gasteiger partial charge is 0.457 e. The summed E-state index contributed by atoms with van der Waals surface area (Å²) in [4.78, 5) is 31.3. The van der Waals surface area contributed by atoms with E-state index in [4.69, 9.17) is 4.74 Å². The number of fused-ring (bicyclic) bond motifs is 1. The first-order valence-electron chi connectivity index (χ1n) is 9.76. The van der Waals surface area contributed by atoms with Gasteiger partial charge in [0.2, 0.25) is 0 Å². The summed E-state index contributed by atoms with van der Waals surface area (Å²) in [7, 11) is -1.66. The number of carbonyl (C=O) groups excluding carboxylic acids is 2. The Morgan fingerprint density at radius 3 is 2.47 bits per heavy atom. The lowest BCUT2D eigenvalue weighted by molar-refractivity contribution is 0.0816. The minimum absolute atomic E-state index is 0.170. The van der Waals surface area contributed by atoms with E-state index in [9.17, 15) is 18.0 Å². The van der Waals surface area contributed by atoms with Gasteiger partial charge in [-0.3, -0.25) is 9.59 Å². The summed E-state index contributed by atoms with van der Waals surface area (Å²) in [6.07, 6.45) is 2.77. The summed E-state index contributed by atoms with van der Waals surface area (Å²) in [6.45, 7) is 2.24. The maximum atomic E-state index is 12.8. The van der Waals surface area contributed by atoms with Gasteiger partial charge in [-0.25, -0.2) is 13.4 Å². The molecule has 2 heterocycles. The van der Waals surface area contributed by atoms with Crippen LogP contribution in [0.5, 0.6) is 11.5 Å². The molecule has 0 aliphatic carbocycles. The van der Waals surface area contributed by atoms with Gasteiger partial charge in [0.25, 0.3) is 11.8 Å². The Bertz CT molecular complexity index is 1320. The van der Waals surface area contributed by atoms with E-state index in [2.05, 4.69) is 10.3 Å². The maximum absolute atomic E-state index is 12.8. The zero-order valence-corrected chi connectivity index (χ0v) is 18.6. The second kappa shape index (κ2) is 8.08. The number of aryl methyl sites for hydroxylation is 1. The zero-order valence-electron chi connectivity index (χ0n) is 17.7. The number of nitrogens with one attached hydrogen (secondary N) is 1. The van der Waals surface area contributed by atoms with Crippen LogP contribution < -0.4 is 10.1 Å². The lowest BCUT2D eigenvalue weighted by Gasteiger charge is -2.13. The molecule has 3 aromatic rings. The second-order valence-corrected chi connectivity index (χ2v) is 9.70. The minimum Gasteiger partial charge on any atom is -0.457 e. The number of anilines is 1. The third-order valence-electron chi connectivity index (χ3n) is 5.08. The van der Waals surface area contributed by atoms with Crippen molar-refractivity contribution in [3.8, 4) is 11.5 Å². The van der Waals surface area contributed by atoms with Crippen LogP contribution in [-0.4, -0.2) is 43.4 Å². The van der Waals surface area contributed by atoms with Crippen LogP contribution in [0.3, 0.4) is 0 Å². The Labute approximate surface area is 185 Å². The molecular weight excluding hydrogens is 430 g/mol. The smallest absolute Gasteiger partial charge is 0.256 e. The SMILES string of the molecule is Cc1ccc(NC(=O)c2cc(Oc3ccc(S(C)(=O)=O)cc3)c3c(c2)C(=O)N(C)C3)nc1. The molecule has 0 unspecified atom stereocenters. The first-order valence-corrected chi connectivity index (χ1v) is 11.7. The molecule has 0 fully saturated rings. The fourth-order valence-corrected chi connectivity index (χ4v) is 3.98. The summed E-state index contributed by atoms with van der Waals surface area (Å²) in [5.74, 6) is 0.501. The fraction of sp³-hybridized carbons (Fsp3) is 0.174. The molecule has 32 heavy (non-hydrogen) atoms. The lowest BCUT2D eigenvalue weighted by atomic mass is 10.0. The Hall–Kier alpha value is -3.72. The van der Waals surface area contributed by atoms with Crippen LogP contribution in [0.1, 0.15) is 31.8 Å². The van der Waals surface area contributed by atoms with E-state index in [1.165, 1.54) is 29.2 Å². The molecule has 9 heteroatoms. The van der Waals surface area contributed by atoms with E-state index in [0.29, 0.717) is 35.0 Å². The highest BCUT2D eigenvalue weighted by atomic mass is 32.2. The molecule has 1 aliphatic heterocycles. The molecule has 164 valence electrons. The lowest BCUT2D eigenvalue weighted by Crippen LogP contribution is -2.18. The number of aromatic nitrogens is 1. The van der Waals surface area contributed by atoms with E-state index < -0.39 is 15.7 Å². The van der Waals surface area contributed by atoms with Gasteiger partial charge >= 0.3 is 0 Å². The van der Waals surface area contributed by atoms with Gasteiger partial charge in [-0.05, 0) is 55.0 Å². The molecule has 0 spiro atoms. The van der Waals surface area contributed by atoms with Gasteiger partial charge in [0.05, 0.1) is 11.4 Å². The number of ether oxygens (including phenoxy) is 1. The molecule has 0 radical (unpaired) electrons. The third-order valence-corrected chi connectivity index (χ3v) is 6.20. The summed E-state index contributed by atoms with van der Waals surface area (Å²) in [6, 6.07) is 12.6. The third kappa shape index (κ3) is 4.33. The topological polar surface area (TPSA) is 106 Å². The number of pyridine rings is 1. The first-order chi connectivity index (χ1) is 15.1. The number of carbonyl (C=O) groups is 2. The molecule has 1 N–H and O–H groups in total. The van der Waals surface area contributed by atoms with Crippen molar-refractivity contribution in [2.45, 2.75) is 18.4 Å². The van der Waals surface area contributed by atoms with Gasteiger partial charge in [0.15, 0.2) is 9.84 Å². The zero-order chi connectivity index (χ0) is 23.0. The minimum atomic E-state index is -3.33. The molecule has 0 saturated carbocycles. The molecular formula is C23H21N3O5S. The highest BCUT2D eigenvalue weighted by Gasteiger charge is 2.30. The van der Waals surface area contributed by atoms with Crippen molar-refractivity contribution in [2.24, 2.45) is 0 Å².